The molecule has 3 rings (SSSR count). The predicted octanol–water partition coefficient (Wildman–Crippen LogP) is 3.14. The normalized spacial score (nSPS) is 10.5. The highest BCUT2D eigenvalue weighted by Crippen LogP contribution is 2.42. The fourth-order valence-electron chi connectivity index (χ4n) is 2.82. The molecule has 0 radical (unpaired) electrons. The summed E-state index contributed by atoms with van der Waals surface area (Å²) in [6, 6.07) is 11.3. The first kappa shape index (κ1) is 18.4. The molecule has 0 amide bonds. The van der Waals surface area contributed by atoms with Gasteiger partial charge in [-0.25, -0.2) is 4.98 Å². The number of ketones is 1. The lowest BCUT2D eigenvalue weighted by atomic mass is 9.97. The molecular formula is C19H16N4O3S. The van der Waals surface area contributed by atoms with Gasteiger partial charge >= 0.3 is 5.97 Å². The number of nitriles is 1. The highest BCUT2D eigenvalue weighted by molar-refractivity contribution is 7.21. The topological polar surface area (TPSA) is 132 Å². The first-order valence-electron chi connectivity index (χ1n) is 8.04. The molecule has 0 aliphatic carbocycles. The Bertz CT molecular complexity index is 1080. The smallest absolute Gasteiger partial charge is 0.305 e. The predicted molar refractivity (Wildman–Crippen MR) is 104 cm³/mol. The van der Waals surface area contributed by atoms with Crippen molar-refractivity contribution in [3.05, 3.63) is 40.8 Å². The summed E-state index contributed by atoms with van der Waals surface area (Å²) in [7, 11) is 1.27. The number of Topliss-reactive ketones (excluding diaryl/α,β-unsaturated/α-hetero) is 1. The Hall–Kier alpha value is -3.44. The second-order valence-electron chi connectivity index (χ2n) is 5.75. The fraction of sp³-hybridized carbons (Fsp3) is 0.158. The van der Waals surface area contributed by atoms with Crippen LogP contribution in [0.25, 0.3) is 21.3 Å². The van der Waals surface area contributed by atoms with Gasteiger partial charge in [-0.1, -0.05) is 30.3 Å². The lowest BCUT2D eigenvalue weighted by molar-refractivity contribution is -0.140. The van der Waals surface area contributed by atoms with Crippen molar-refractivity contribution in [3.8, 4) is 17.2 Å². The molecule has 0 saturated heterocycles. The van der Waals surface area contributed by atoms with Gasteiger partial charge in [0.2, 0.25) is 0 Å². The summed E-state index contributed by atoms with van der Waals surface area (Å²) in [5.74, 6) is -0.669. The average Bonchev–Trinajstić information content (AvgIpc) is 3.01. The maximum absolute atomic E-state index is 12.5. The van der Waals surface area contributed by atoms with E-state index in [0.717, 1.165) is 16.9 Å². The van der Waals surface area contributed by atoms with Crippen LogP contribution in [0.2, 0.25) is 0 Å². The highest BCUT2D eigenvalue weighted by atomic mass is 32.1. The summed E-state index contributed by atoms with van der Waals surface area (Å²) < 4.78 is 4.56. The van der Waals surface area contributed by atoms with Gasteiger partial charge in [0, 0.05) is 17.4 Å². The van der Waals surface area contributed by atoms with Gasteiger partial charge in [0.1, 0.15) is 22.3 Å². The van der Waals surface area contributed by atoms with Crippen LogP contribution in [0.4, 0.5) is 11.5 Å². The number of aromatic nitrogens is 1. The Balaban J connectivity index is 2.20. The molecule has 1 aromatic carbocycles. The van der Waals surface area contributed by atoms with Gasteiger partial charge in [0.05, 0.1) is 24.1 Å². The van der Waals surface area contributed by atoms with Gasteiger partial charge in [0.15, 0.2) is 5.78 Å². The van der Waals surface area contributed by atoms with Crippen molar-refractivity contribution in [1.82, 2.24) is 4.98 Å². The van der Waals surface area contributed by atoms with Crippen LogP contribution in [-0.2, 0) is 9.53 Å². The Kier molecular flexibility index (Phi) is 5.05. The van der Waals surface area contributed by atoms with Crippen LogP contribution < -0.4 is 11.5 Å². The number of nitrogens with zero attached hydrogens (tertiary/aromatic N) is 2. The van der Waals surface area contributed by atoms with E-state index in [1.807, 2.05) is 30.3 Å². The first-order valence-corrected chi connectivity index (χ1v) is 8.86. The van der Waals surface area contributed by atoms with E-state index in [-0.39, 0.29) is 35.7 Å². The van der Waals surface area contributed by atoms with Crippen LogP contribution >= 0.6 is 11.3 Å². The van der Waals surface area contributed by atoms with Crippen LogP contribution in [0.3, 0.4) is 0 Å². The molecule has 0 bridgehead atoms. The molecule has 4 N–H and O–H groups in total. The van der Waals surface area contributed by atoms with E-state index in [2.05, 4.69) is 15.8 Å². The van der Waals surface area contributed by atoms with Crippen molar-refractivity contribution in [2.24, 2.45) is 0 Å². The van der Waals surface area contributed by atoms with Gasteiger partial charge in [0.25, 0.3) is 0 Å². The lowest BCUT2D eigenvalue weighted by Gasteiger charge is -2.09. The van der Waals surface area contributed by atoms with E-state index < -0.39 is 5.97 Å². The number of carbonyl (C=O) groups is 2. The third-order valence-electron chi connectivity index (χ3n) is 4.12. The van der Waals surface area contributed by atoms with Gasteiger partial charge in [-0.3, -0.25) is 9.59 Å². The number of ether oxygens (including phenoxy) is 1. The minimum absolute atomic E-state index is 0.0229. The number of anilines is 2. The zero-order valence-electron chi connectivity index (χ0n) is 14.5. The third-order valence-corrected chi connectivity index (χ3v) is 5.26. The quantitative estimate of drug-likeness (QED) is 0.513. The Morgan fingerprint density at radius 1 is 1.22 bits per heavy atom. The average molecular weight is 380 g/mol. The zero-order chi connectivity index (χ0) is 19.6. The zero-order valence-corrected chi connectivity index (χ0v) is 15.3. The molecule has 27 heavy (non-hydrogen) atoms. The first-order chi connectivity index (χ1) is 13.0. The van der Waals surface area contributed by atoms with E-state index in [0.29, 0.717) is 20.7 Å². The van der Waals surface area contributed by atoms with Crippen molar-refractivity contribution < 1.29 is 14.3 Å². The number of hydrogen-bond acceptors (Lipinski definition) is 8. The Morgan fingerprint density at radius 3 is 2.56 bits per heavy atom. The van der Waals surface area contributed by atoms with E-state index >= 15 is 0 Å². The van der Waals surface area contributed by atoms with E-state index in [1.54, 1.807) is 0 Å². The van der Waals surface area contributed by atoms with Crippen molar-refractivity contribution >= 4 is 44.8 Å². The number of thiophene rings is 1. The van der Waals surface area contributed by atoms with Crippen molar-refractivity contribution in [1.29, 1.82) is 5.26 Å². The van der Waals surface area contributed by atoms with Gasteiger partial charge in [-0.15, -0.1) is 11.3 Å². The number of fused-ring (bicyclic) bond motifs is 1. The monoisotopic (exact) mass is 380 g/mol. The minimum atomic E-state index is -0.470. The highest BCUT2D eigenvalue weighted by Gasteiger charge is 2.24. The van der Waals surface area contributed by atoms with Crippen molar-refractivity contribution in [2.75, 3.05) is 18.6 Å². The molecule has 136 valence electrons. The summed E-state index contributed by atoms with van der Waals surface area (Å²) >= 11 is 1.11. The third kappa shape index (κ3) is 3.32. The summed E-state index contributed by atoms with van der Waals surface area (Å²) in [6.45, 7) is 0. The summed E-state index contributed by atoms with van der Waals surface area (Å²) in [5.41, 5.74) is 14.0. The van der Waals surface area contributed by atoms with Gasteiger partial charge < -0.3 is 16.2 Å². The number of pyridine rings is 1. The van der Waals surface area contributed by atoms with Crippen molar-refractivity contribution in [2.45, 2.75) is 12.8 Å². The molecule has 2 aromatic heterocycles. The number of hydrogen-bond donors (Lipinski definition) is 2. The van der Waals surface area contributed by atoms with Crippen LogP contribution in [0.1, 0.15) is 28.1 Å². The van der Waals surface area contributed by atoms with Crippen LogP contribution in [0, 0.1) is 11.3 Å². The Labute approximate surface area is 159 Å². The van der Waals surface area contributed by atoms with E-state index in [4.69, 9.17) is 11.5 Å². The number of esters is 1. The second kappa shape index (κ2) is 7.43. The molecule has 0 aliphatic heterocycles. The van der Waals surface area contributed by atoms with Gasteiger partial charge in [-0.2, -0.15) is 5.26 Å². The van der Waals surface area contributed by atoms with Crippen molar-refractivity contribution in [3.63, 3.8) is 0 Å². The standard InChI is InChI=1S/C19H16N4O3S/c1-26-13(25)8-7-12(24)17-16(21)15-14(10-5-3-2-4-6-10)11(9-20)18(22)23-19(15)27-17/h2-6H,7-8,21H2,1H3,(H2,22,23). The van der Waals surface area contributed by atoms with Gasteiger partial charge in [-0.05, 0) is 5.56 Å². The summed E-state index contributed by atoms with van der Waals surface area (Å²) in [4.78, 5) is 28.9. The largest absolute Gasteiger partial charge is 0.469 e. The minimum Gasteiger partial charge on any atom is -0.469 e. The maximum Gasteiger partial charge on any atom is 0.305 e. The number of nitrogen functional groups attached to an aromatic ring is 2. The molecule has 0 saturated carbocycles. The molecule has 2 heterocycles. The Morgan fingerprint density at radius 2 is 1.93 bits per heavy atom. The molecule has 3 aromatic rings. The summed E-state index contributed by atoms with van der Waals surface area (Å²) in [6.07, 6.45) is -0.0570. The number of methoxy groups -OCH3 is 1. The second-order valence-corrected chi connectivity index (χ2v) is 6.75. The number of rotatable bonds is 5. The fourth-order valence-corrected chi connectivity index (χ4v) is 3.89. The molecular weight excluding hydrogens is 364 g/mol. The number of carbonyl (C=O) groups excluding carboxylic acids is 2. The molecule has 0 unspecified atom stereocenters. The maximum atomic E-state index is 12.5. The lowest BCUT2D eigenvalue weighted by Crippen LogP contribution is -2.06. The number of benzene rings is 1. The van der Waals surface area contributed by atoms with E-state index in [1.165, 1.54) is 7.11 Å². The summed E-state index contributed by atoms with van der Waals surface area (Å²) in [5, 5.41) is 10.1. The molecule has 0 atom stereocenters. The molecule has 0 spiro atoms. The van der Waals surface area contributed by atoms with Crippen LogP contribution in [0.15, 0.2) is 30.3 Å². The van der Waals surface area contributed by atoms with Crippen LogP contribution in [0.5, 0.6) is 0 Å². The van der Waals surface area contributed by atoms with E-state index in [9.17, 15) is 14.9 Å². The SMILES string of the molecule is COC(=O)CCC(=O)c1sc2nc(N)c(C#N)c(-c3ccccc3)c2c1N. The molecule has 0 fully saturated rings. The molecule has 0 aliphatic rings. The molecule has 7 nitrogen and oxygen atoms in total. The molecule has 8 heteroatoms. The number of nitrogens with two attached hydrogens (primary N) is 2. The van der Waals surface area contributed by atoms with Crippen LogP contribution in [-0.4, -0.2) is 23.8 Å².